The molecule has 62 valence electrons. The van der Waals surface area contributed by atoms with E-state index >= 15 is 0 Å². The Balaban J connectivity index is 3.45. The van der Waals surface area contributed by atoms with Crippen molar-refractivity contribution in [1.29, 1.82) is 0 Å². The first-order chi connectivity index (χ1) is 5.75. The SMILES string of the molecule is C=c1cccc/c1=C(C)/C=N\C. The predicted octanol–water partition coefficient (Wildman–Crippen LogP) is 0.968. The van der Waals surface area contributed by atoms with Gasteiger partial charge in [0, 0.05) is 13.3 Å². The van der Waals surface area contributed by atoms with Gasteiger partial charge in [0.15, 0.2) is 0 Å². The van der Waals surface area contributed by atoms with Crippen molar-refractivity contribution in [2.45, 2.75) is 6.92 Å². The first kappa shape index (κ1) is 8.72. The summed E-state index contributed by atoms with van der Waals surface area (Å²) in [6, 6.07) is 8.06. The Kier molecular flexibility index (Phi) is 2.81. The van der Waals surface area contributed by atoms with E-state index in [-0.39, 0.29) is 0 Å². The van der Waals surface area contributed by atoms with Crippen LogP contribution in [0.5, 0.6) is 0 Å². The molecule has 0 amide bonds. The zero-order valence-electron chi connectivity index (χ0n) is 7.54. The van der Waals surface area contributed by atoms with Gasteiger partial charge in [0.05, 0.1) is 0 Å². The van der Waals surface area contributed by atoms with E-state index in [0.717, 1.165) is 10.8 Å². The van der Waals surface area contributed by atoms with E-state index in [1.165, 1.54) is 5.22 Å². The van der Waals surface area contributed by atoms with Crippen molar-refractivity contribution in [2.75, 3.05) is 7.05 Å². The van der Waals surface area contributed by atoms with E-state index in [9.17, 15) is 0 Å². The number of hydrogen-bond donors (Lipinski definition) is 0. The minimum absolute atomic E-state index is 1.05. The van der Waals surface area contributed by atoms with Crippen LogP contribution < -0.4 is 10.4 Å². The molecule has 0 atom stereocenters. The lowest BCUT2D eigenvalue weighted by atomic mass is 10.2. The first-order valence-electron chi connectivity index (χ1n) is 3.92. The molecule has 1 nitrogen and oxygen atoms in total. The van der Waals surface area contributed by atoms with E-state index in [1.54, 1.807) is 7.05 Å². The van der Waals surface area contributed by atoms with E-state index in [2.05, 4.69) is 17.6 Å². The van der Waals surface area contributed by atoms with Crippen molar-refractivity contribution in [3.8, 4) is 0 Å². The Hall–Kier alpha value is -1.37. The van der Waals surface area contributed by atoms with Crippen molar-refractivity contribution >= 4 is 18.4 Å². The van der Waals surface area contributed by atoms with Crippen LogP contribution in [0, 0.1) is 0 Å². The van der Waals surface area contributed by atoms with Gasteiger partial charge in [0.2, 0.25) is 0 Å². The summed E-state index contributed by atoms with van der Waals surface area (Å²) in [5, 5.41) is 2.22. The molecular weight excluding hydrogens is 146 g/mol. The molecule has 0 aliphatic heterocycles. The lowest BCUT2D eigenvalue weighted by molar-refractivity contribution is 1.45. The molecule has 1 aromatic carbocycles. The maximum absolute atomic E-state index is 3.96. The van der Waals surface area contributed by atoms with Crippen LogP contribution in [0.15, 0.2) is 29.3 Å². The molecule has 0 unspecified atom stereocenters. The summed E-state index contributed by atoms with van der Waals surface area (Å²) in [5.41, 5.74) is 1.16. The predicted molar refractivity (Wildman–Crippen MR) is 54.7 cm³/mol. The smallest absolute Gasteiger partial charge is 0.0277 e. The molecule has 0 radical (unpaired) electrons. The minimum Gasteiger partial charge on any atom is -0.296 e. The van der Waals surface area contributed by atoms with Gasteiger partial charge in [0.25, 0.3) is 0 Å². The summed E-state index contributed by atoms with van der Waals surface area (Å²) in [4.78, 5) is 3.96. The Morgan fingerprint density at radius 3 is 2.67 bits per heavy atom. The van der Waals surface area contributed by atoms with Crippen LogP contribution in [0.1, 0.15) is 6.92 Å². The zero-order valence-corrected chi connectivity index (χ0v) is 7.54. The molecule has 1 aromatic rings. The number of hydrogen-bond acceptors (Lipinski definition) is 1. The molecule has 0 saturated heterocycles. The molecule has 0 aliphatic rings. The van der Waals surface area contributed by atoms with Crippen LogP contribution in [-0.2, 0) is 0 Å². The normalized spacial score (nSPS) is 13.5. The zero-order chi connectivity index (χ0) is 8.97. The van der Waals surface area contributed by atoms with Gasteiger partial charge in [-0.25, -0.2) is 0 Å². The maximum Gasteiger partial charge on any atom is 0.0277 e. The van der Waals surface area contributed by atoms with E-state index in [0.29, 0.717) is 0 Å². The van der Waals surface area contributed by atoms with E-state index < -0.39 is 0 Å². The van der Waals surface area contributed by atoms with Crippen LogP contribution in [0.25, 0.3) is 12.2 Å². The number of nitrogens with zero attached hydrogens (tertiary/aromatic N) is 1. The van der Waals surface area contributed by atoms with Gasteiger partial charge in [-0.2, -0.15) is 0 Å². The fraction of sp³-hybridized carbons (Fsp3) is 0.182. The molecule has 0 fully saturated rings. The Labute approximate surface area is 72.8 Å². The fourth-order valence-corrected chi connectivity index (χ4v) is 1.17. The van der Waals surface area contributed by atoms with Crippen molar-refractivity contribution < 1.29 is 0 Å². The molecule has 12 heavy (non-hydrogen) atoms. The quantitative estimate of drug-likeness (QED) is 0.541. The lowest BCUT2D eigenvalue weighted by Crippen LogP contribution is -2.24. The van der Waals surface area contributed by atoms with E-state index in [4.69, 9.17) is 0 Å². The highest BCUT2D eigenvalue weighted by atomic mass is 14.6. The first-order valence-corrected chi connectivity index (χ1v) is 3.92. The number of benzene rings is 1. The third-order valence-electron chi connectivity index (χ3n) is 1.76. The average molecular weight is 159 g/mol. The second-order valence-corrected chi connectivity index (χ2v) is 2.73. The summed E-state index contributed by atoms with van der Waals surface area (Å²) < 4.78 is 0. The molecule has 0 aromatic heterocycles. The van der Waals surface area contributed by atoms with Gasteiger partial charge in [0.1, 0.15) is 0 Å². The Morgan fingerprint density at radius 2 is 2.08 bits per heavy atom. The molecule has 0 aliphatic carbocycles. The van der Waals surface area contributed by atoms with Gasteiger partial charge in [-0.1, -0.05) is 30.8 Å². The summed E-state index contributed by atoms with van der Waals surface area (Å²) in [6.45, 7) is 5.98. The number of aliphatic imine (C=N–C) groups is 1. The molecule has 0 heterocycles. The second-order valence-electron chi connectivity index (χ2n) is 2.73. The standard InChI is InChI=1S/C11H13N/c1-9-6-4-5-7-11(9)10(2)8-12-3/h4-8H,1H2,2-3H3/b11-10-,12-8-. The van der Waals surface area contributed by atoms with Crippen molar-refractivity contribution in [1.82, 2.24) is 0 Å². The van der Waals surface area contributed by atoms with Gasteiger partial charge in [-0.3, -0.25) is 4.99 Å². The lowest BCUT2D eigenvalue weighted by Gasteiger charge is -1.91. The Morgan fingerprint density at radius 1 is 1.42 bits per heavy atom. The molecular formula is C11H13N. The highest BCUT2D eigenvalue weighted by molar-refractivity contribution is 6.00. The largest absolute Gasteiger partial charge is 0.296 e. The summed E-state index contributed by atoms with van der Waals surface area (Å²) >= 11 is 0. The monoisotopic (exact) mass is 159 g/mol. The van der Waals surface area contributed by atoms with Crippen LogP contribution >= 0.6 is 0 Å². The van der Waals surface area contributed by atoms with Gasteiger partial charge >= 0.3 is 0 Å². The van der Waals surface area contributed by atoms with E-state index in [1.807, 2.05) is 31.3 Å². The number of rotatable bonds is 1. The van der Waals surface area contributed by atoms with Gasteiger partial charge in [-0.15, -0.1) is 0 Å². The third-order valence-corrected chi connectivity index (χ3v) is 1.76. The molecule has 1 heteroatoms. The highest BCUT2D eigenvalue weighted by Crippen LogP contribution is 1.82. The fourth-order valence-electron chi connectivity index (χ4n) is 1.17. The van der Waals surface area contributed by atoms with Crippen LogP contribution in [0.4, 0.5) is 0 Å². The summed E-state index contributed by atoms with van der Waals surface area (Å²) in [5.74, 6) is 0. The highest BCUT2D eigenvalue weighted by Gasteiger charge is 1.85. The maximum atomic E-state index is 3.96. The Bertz CT molecular complexity index is 388. The molecule has 0 saturated carbocycles. The van der Waals surface area contributed by atoms with Crippen LogP contribution in [0.2, 0.25) is 0 Å². The average Bonchev–Trinajstić information content (AvgIpc) is 2.05. The second kappa shape index (κ2) is 3.86. The van der Waals surface area contributed by atoms with Crippen LogP contribution in [-0.4, -0.2) is 13.3 Å². The van der Waals surface area contributed by atoms with Crippen molar-refractivity contribution in [3.05, 3.63) is 34.7 Å². The third kappa shape index (κ3) is 1.82. The molecule has 0 N–H and O–H groups in total. The summed E-state index contributed by atoms with van der Waals surface area (Å²) in [6.07, 6.45) is 1.85. The van der Waals surface area contributed by atoms with Gasteiger partial charge in [-0.05, 0) is 22.9 Å². The van der Waals surface area contributed by atoms with Crippen molar-refractivity contribution in [3.63, 3.8) is 0 Å². The summed E-state index contributed by atoms with van der Waals surface area (Å²) in [7, 11) is 1.77. The topological polar surface area (TPSA) is 12.4 Å². The molecule has 0 bridgehead atoms. The minimum atomic E-state index is 1.05. The van der Waals surface area contributed by atoms with Crippen molar-refractivity contribution in [2.24, 2.45) is 4.99 Å². The van der Waals surface area contributed by atoms with Gasteiger partial charge < -0.3 is 0 Å². The molecule has 0 spiro atoms. The molecule has 1 rings (SSSR count). The van der Waals surface area contributed by atoms with Crippen LogP contribution in [0.3, 0.4) is 0 Å².